The van der Waals surface area contributed by atoms with Gasteiger partial charge in [0, 0.05) is 0 Å². The first-order valence-electron chi connectivity index (χ1n) is 4.38. The molecule has 0 saturated heterocycles. The molecule has 1 aromatic rings. The van der Waals surface area contributed by atoms with E-state index in [1.54, 1.807) is 6.92 Å². The fourth-order valence-electron chi connectivity index (χ4n) is 1.23. The molecule has 0 saturated carbocycles. The average molecular weight is 320 g/mol. The van der Waals surface area contributed by atoms with E-state index in [2.05, 4.69) is 0 Å². The topological polar surface area (TPSA) is 109 Å². The second-order valence-corrected chi connectivity index (χ2v) is 5.96. The summed E-state index contributed by atoms with van der Waals surface area (Å²) in [6, 6.07) is 2.76. The van der Waals surface area contributed by atoms with E-state index in [9.17, 15) is 16.8 Å². The zero-order valence-electron chi connectivity index (χ0n) is 8.73. The molecule has 18 heavy (non-hydrogen) atoms. The standard InChI is InChI=1S/C9H10O6S2.Ca.2H/c1-2-3-7-6-8(16(10,11)12)4-5-9(7)17(13,14)15;;;/h2-6H,1H3,(H,10,11,12)(H,13,14,15);;;. The molecular weight excluding hydrogens is 308 g/mol. The summed E-state index contributed by atoms with van der Waals surface area (Å²) in [7, 11) is -8.86. The quantitative estimate of drug-likeness (QED) is 0.612. The Balaban J connectivity index is 0.00000289. The maximum absolute atomic E-state index is 11.0. The normalized spacial score (nSPS) is 12.4. The maximum atomic E-state index is 11.0. The Bertz CT molecular complexity index is 660. The molecule has 0 amide bonds. The molecule has 2 N–H and O–H groups in total. The number of hydrogen-bond donors (Lipinski definition) is 2. The molecule has 0 radical (unpaired) electrons. The number of benzene rings is 1. The van der Waals surface area contributed by atoms with Crippen LogP contribution in [0.15, 0.2) is 34.1 Å². The van der Waals surface area contributed by atoms with Crippen LogP contribution in [-0.4, -0.2) is 63.7 Å². The molecule has 6 nitrogen and oxygen atoms in total. The van der Waals surface area contributed by atoms with Crippen molar-refractivity contribution in [2.45, 2.75) is 16.7 Å². The molecule has 0 fully saturated rings. The Morgan fingerprint density at radius 3 is 2.00 bits per heavy atom. The summed E-state index contributed by atoms with van der Waals surface area (Å²) in [6.45, 7) is 1.59. The second-order valence-electron chi connectivity index (χ2n) is 3.15. The first-order valence-corrected chi connectivity index (χ1v) is 7.26. The second kappa shape index (κ2) is 6.47. The summed E-state index contributed by atoms with van der Waals surface area (Å²) in [5.74, 6) is 0. The molecule has 0 unspecified atom stereocenters. The molecule has 1 rings (SSSR count). The predicted molar refractivity (Wildman–Crippen MR) is 69.3 cm³/mol. The molecule has 0 atom stereocenters. The molecule has 0 aliphatic heterocycles. The van der Waals surface area contributed by atoms with Crippen LogP contribution in [0.4, 0.5) is 0 Å². The van der Waals surface area contributed by atoms with Crippen molar-refractivity contribution in [3.05, 3.63) is 29.8 Å². The van der Waals surface area contributed by atoms with E-state index < -0.39 is 30.0 Å². The summed E-state index contributed by atoms with van der Waals surface area (Å²) < 4.78 is 61.5. The Morgan fingerprint density at radius 1 is 1.06 bits per heavy atom. The SMILES string of the molecule is CC=Cc1cc(S(=O)(=O)O)ccc1S(=O)(=O)O.[CaH2]. The van der Waals surface area contributed by atoms with Crippen LogP contribution in [0.3, 0.4) is 0 Å². The van der Waals surface area contributed by atoms with Gasteiger partial charge in [0.1, 0.15) is 4.90 Å². The molecule has 0 aliphatic rings. The Hall–Kier alpha value is 0.0397. The van der Waals surface area contributed by atoms with Gasteiger partial charge < -0.3 is 0 Å². The van der Waals surface area contributed by atoms with Gasteiger partial charge in [-0.15, -0.1) is 0 Å². The van der Waals surface area contributed by atoms with Gasteiger partial charge in [-0.1, -0.05) is 12.2 Å². The van der Waals surface area contributed by atoms with Crippen LogP contribution in [0, 0.1) is 0 Å². The van der Waals surface area contributed by atoms with Crippen molar-refractivity contribution < 1.29 is 25.9 Å². The molecule has 0 bridgehead atoms. The minimum atomic E-state index is -4.45. The van der Waals surface area contributed by atoms with Gasteiger partial charge in [-0.05, 0) is 30.7 Å². The minimum absolute atomic E-state index is 0. The van der Waals surface area contributed by atoms with Crippen molar-refractivity contribution in [3.63, 3.8) is 0 Å². The summed E-state index contributed by atoms with van der Waals surface area (Å²) >= 11 is 0. The van der Waals surface area contributed by atoms with Crippen LogP contribution >= 0.6 is 0 Å². The molecule has 0 aromatic heterocycles. The van der Waals surface area contributed by atoms with Gasteiger partial charge in [-0.2, -0.15) is 16.8 Å². The Kier molecular flexibility index (Phi) is 6.48. The monoisotopic (exact) mass is 320 g/mol. The number of rotatable bonds is 3. The first-order chi connectivity index (χ1) is 7.66. The van der Waals surface area contributed by atoms with Crippen LogP contribution in [0.5, 0.6) is 0 Å². The molecule has 0 heterocycles. The summed E-state index contributed by atoms with van der Waals surface area (Å²) in [4.78, 5) is -0.874. The van der Waals surface area contributed by atoms with Crippen molar-refractivity contribution in [2.24, 2.45) is 0 Å². The van der Waals surface area contributed by atoms with Crippen molar-refractivity contribution in [3.8, 4) is 0 Å². The summed E-state index contributed by atoms with van der Waals surface area (Å²) in [6.07, 6.45) is 2.77. The van der Waals surface area contributed by atoms with Gasteiger partial charge in [0.05, 0.1) is 4.90 Å². The zero-order chi connectivity index (χ0) is 13.3. The van der Waals surface area contributed by atoms with Crippen LogP contribution in [0.1, 0.15) is 12.5 Å². The molecular formula is C9H12CaO6S2. The molecule has 0 aliphatic carbocycles. The first kappa shape index (κ1) is 18.0. The van der Waals surface area contributed by atoms with Crippen LogP contribution in [0.2, 0.25) is 0 Å². The molecule has 9 heteroatoms. The van der Waals surface area contributed by atoms with Gasteiger partial charge in [-0.3, -0.25) is 9.11 Å². The van der Waals surface area contributed by atoms with Crippen molar-refractivity contribution >= 4 is 64.1 Å². The van der Waals surface area contributed by atoms with E-state index in [1.807, 2.05) is 0 Å². The van der Waals surface area contributed by atoms with Gasteiger partial charge in [0.2, 0.25) is 0 Å². The zero-order valence-corrected chi connectivity index (χ0v) is 10.4. The molecule has 0 spiro atoms. The Morgan fingerprint density at radius 2 is 1.61 bits per heavy atom. The fraction of sp³-hybridized carbons (Fsp3) is 0.111. The van der Waals surface area contributed by atoms with E-state index in [4.69, 9.17) is 9.11 Å². The van der Waals surface area contributed by atoms with Crippen molar-refractivity contribution in [1.82, 2.24) is 0 Å². The van der Waals surface area contributed by atoms with Gasteiger partial charge in [0.15, 0.2) is 0 Å². The predicted octanol–water partition coefficient (Wildman–Crippen LogP) is 0.297. The van der Waals surface area contributed by atoms with E-state index in [0.29, 0.717) is 0 Å². The molecule has 1 aromatic carbocycles. The van der Waals surface area contributed by atoms with E-state index >= 15 is 0 Å². The summed E-state index contributed by atoms with van der Waals surface area (Å²) in [5.41, 5.74) is -0.0230. The average Bonchev–Trinajstić information content (AvgIpc) is 2.15. The van der Waals surface area contributed by atoms with Gasteiger partial charge >= 0.3 is 37.7 Å². The third kappa shape index (κ3) is 4.61. The third-order valence-electron chi connectivity index (χ3n) is 1.90. The van der Waals surface area contributed by atoms with Crippen molar-refractivity contribution in [2.75, 3.05) is 0 Å². The number of allylic oxidation sites excluding steroid dienone is 1. The van der Waals surface area contributed by atoms with Gasteiger partial charge in [-0.25, -0.2) is 0 Å². The van der Waals surface area contributed by atoms with E-state index in [-0.39, 0.29) is 43.3 Å². The van der Waals surface area contributed by atoms with Gasteiger partial charge in [0.25, 0.3) is 20.2 Å². The number of hydrogen-bond acceptors (Lipinski definition) is 4. The van der Waals surface area contributed by atoms with Crippen LogP contribution in [0.25, 0.3) is 6.08 Å². The van der Waals surface area contributed by atoms with Crippen molar-refractivity contribution in [1.29, 1.82) is 0 Å². The van der Waals surface area contributed by atoms with E-state index in [1.165, 1.54) is 12.2 Å². The third-order valence-corrected chi connectivity index (χ3v) is 3.68. The van der Waals surface area contributed by atoms with Crippen LogP contribution in [-0.2, 0) is 20.2 Å². The molecule has 98 valence electrons. The fourth-order valence-corrected chi connectivity index (χ4v) is 2.41. The summed E-state index contributed by atoms with van der Waals surface area (Å²) in [5, 5.41) is 0. The van der Waals surface area contributed by atoms with Crippen LogP contribution < -0.4 is 0 Å². The van der Waals surface area contributed by atoms with E-state index in [0.717, 1.165) is 18.2 Å². The Labute approximate surface area is 135 Å².